The highest BCUT2D eigenvalue weighted by atomic mass is 16.2. The summed E-state index contributed by atoms with van der Waals surface area (Å²) in [5, 5.41) is 5.86. The standard InChI is InChI=1S/C42H74N4O4/c1-5-7-9-11-13-15-17-19-21-23-29-45-41(49)39(43)33(3)31-37(47)35-25-27-36(28-26-35)38(48)32-34(4)40(44)42(50)46-30-24-22-20-18-16-14-12-10-8-6-2/h25-28,33-34,39-40H,5-24,29-32,43-44H2,1-4H3,(H,45,49)(H,46,50)/t33?,34?,39-,40-/m0/s1. The lowest BCUT2D eigenvalue weighted by atomic mass is 9.91. The predicted octanol–water partition coefficient (Wildman–Crippen LogP) is 8.83. The van der Waals surface area contributed by atoms with Crippen LogP contribution in [0.2, 0.25) is 0 Å². The van der Waals surface area contributed by atoms with Crippen molar-refractivity contribution in [3.05, 3.63) is 35.4 Å². The van der Waals surface area contributed by atoms with Crippen LogP contribution in [-0.4, -0.2) is 48.6 Å². The maximum atomic E-state index is 12.9. The van der Waals surface area contributed by atoms with Crippen molar-refractivity contribution in [2.24, 2.45) is 23.3 Å². The number of hydrogen-bond acceptors (Lipinski definition) is 6. The lowest BCUT2D eigenvalue weighted by molar-refractivity contribution is -0.124. The largest absolute Gasteiger partial charge is 0.355 e. The Hall–Kier alpha value is -2.58. The molecular formula is C42H74N4O4. The molecule has 286 valence electrons. The number of ketones is 2. The van der Waals surface area contributed by atoms with E-state index in [0.29, 0.717) is 24.2 Å². The van der Waals surface area contributed by atoms with Crippen molar-refractivity contribution in [3.63, 3.8) is 0 Å². The van der Waals surface area contributed by atoms with Gasteiger partial charge in [-0.25, -0.2) is 0 Å². The number of unbranched alkanes of at least 4 members (excludes halogenated alkanes) is 18. The molecule has 8 heteroatoms. The summed E-state index contributed by atoms with van der Waals surface area (Å²) >= 11 is 0. The maximum Gasteiger partial charge on any atom is 0.237 e. The van der Waals surface area contributed by atoms with E-state index in [1.165, 1.54) is 103 Å². The number of nitrogens with two attached hydrogens (primary N) is 2. The first-order valence-corrected chi connectivity index (χ1v) is 20.3. The normalized spacial score (nSPS) is 13.7. The van der Waals surface area contributed by atoms with Crippen LogP contribution in [0.1, 0.15) is 190 Å². The highest BCUT2D eigenvalue weighted by Gasteiger charge is 2.25. The van der Waals surface area contributed by atoms with E-state index in [9.17, 15) is 19.2 Å². The Morgan fingerprint density at radius 2 is 0.740 bits per heavy atom. The first kappa shape index (κ1) is 45.4. The van der Waals surface area contributed by atoms with Gasteiger partial charge in [0.15, 0.2) is 11.6 Å². The number of amides is 2. The van der Waals surface area contributed by atoms with E-state index in [4.69, 9.17) is 11.5 Å². The SMILES string of the molecule is CCCCCCCCCCCCNC(=O)[C@@H](N)C(C)CC(=O)c1ccc(C(=O)CC(C)[C@H](N)C(=O)NCCCCCCCCCCCC)cc1. The zero-order chi connectivity index (χ0) is 37.0. The van der Waals surface area contributed by atoms with E-state index in [1.54, 1.807) is 24.3 Å². The molecule has 0 aliphatic rings. The minimum atomic E-state index is -0.763. The van der Waals surface area contributed by atoms with Crippen LogP contribution in [0.25, 0.3) is 0 Å². The second-order valence-corrected chi connectivity index (χ2v) is 14.8. The number of benzene rings is 1. The molecule has 4 atom stereocenters. The molecule has 1 aromatic rings. The van der Waals surface area contributed by atoms with E-state index in [2.05, 4.69) is 24.5 Å². The molecule has 50 heavy (non-hydrogen) atoms. The van der Waals surface area contributed by atoms with E-state index >= 15 is 0 Å². The zero-order valence-electron chi connectivity index (χ0n) is 32.4. The van der Waals surface area contributed by atoms with Crippen LogP contribution in [0, 0.1) is 11.8 Å². The van der Waals surface area contributed by atoms with Crippen molar-refractivity contribution in [3.8, 4) is 0 Å². The fraction of sp³-hybridized carbons (Fsp3) is 0.762. The van der Waals surface area contributed by atoms with Crippen molar-refractivity contribution in [1.82, 2.24) is 10.6 Å². The van der Waals surface area contributed by atoms with Gasteiger partial charge >= 0.3 is 0 Å². The maximum absolute atomic E-state index is 12.9. The summed E-state index contributed by atoms with van der Waals surface area (Å²) in [5.74, 6) is -1.33. The first-order valence-electron chi connectivity index (χ1n) is 20.3. The summed E-state index contributed by atoms with van der Waals surface area (Å²) in [7, 11) is 0. The molecule has 0 heterocycles. The number of carbonyl (C=O) groups excluding carboxylic acids is 4. The Kier molecular flexibility index (Phi) is 26.4. The van der Waals surface area contributed by atoms with Crippen LogP contribution in [0.3, 0.4) is 0 Å². The summed E-state index contributed by atoms with van der Waals surface area (Å²) in [6.45, 7) is 9.32. The molecule has 0 aromatic heterocycles. The molecule has 0 saturated heterocycles. The lowest BCUT2D eigenvalue weighted by Crippen LogP contribution is -2.45. The predicted molar refractivity (Wildman–Crippen MR) is 208 cm³/mol. The third kappa shape index (κ3) is 20.9. The molecule has 0 radical (unpaired) electrons. The first-order chi connectivity index (χ1) is 24.1. The Balaban J connectivity index is 2.30. The highest BCUT2D eigenvalue weighted by molar-refractivity contribution is 6.00. The molecule has 0 spiro atoms. The molecule has 1 rings (SSSR count). The molecule has 0 saturated carbocycles. The van der Waals surface area contributed by atoms with Crippen molar-refractivity contribution < 1.29 is 19.2 Å². The minimum absolute atomic E-state index is 0.121. The van der Waals surface area contributed by atoms with Crippen LogP contribution in [0.4, 0.5) is 0 Å². The smallest absolute Gasteiger partial charge is 0.237 e. The van der Waals surface area contributed by atoms with Crippen LogP contribution >= 0.6 is 0 Å². The average Bonchev–Trinajstić information content (AvgIpc) is 3.11. The summed E-state index contributed by atoms with van der Waals surface area (Å²) in [6, 6.07) is 5.04. The third-order valence-electron chi connectivity index (χ3n) is 10.0. The molecular weight excluding hydrogens is 624 g/mol. The van der Waals surface area contributed by atoms with Gasteiger partial charge in [-0.2, -0.15) is 0 Å². The summed E-state index contributed by atoms with van der Waals surface area (Å²) in [6.07, 6.45) is 25.0. The van der Waals surface area contributed by atoms with Crippen molar-refractivity contribution in [1.29, 1.82) is 0 Å². The van der Waals surface area contributed by atoms with Gasteiger partial charge in [0.1, 0.15) is 0 Å². The van der Waals surface area contributed by atoms with Gasteiger partial charge in [-0.3, -0.25) is 19.2 Å². The van der Waals surface area contributed by atoms with Gasteiger partial charge in [-0.1, -0.05) is 168 Å². The van der Waals surface area contributed by atoms with Gasteiger partial charge in [0.05, 0.1) is 12.1 Å². The summed E-state index contributed by atoms with van der Waals surface area (Å²) < 4.78 is 0. The molecule has 6 N–H and O–H groups in total. The van der Waals surface area contributed by atoms with Crippen LogP contribution in [0.5, 0.6) is 0 Å². The lowest BCUT2D eigenvalue weighted by Gasteiger charge is -2.19. The summed E-state index contributed by atoms with van der Waals surface area (Å²) in [5.41, 5.74) is 13.3. The molecule has 0 bridgehead atoms. The van der Waals surface area contributed by atoms with E-state index < -0.39 is 12.1 Å². The molecule has 2 amide bonds. The van der Waals surface area contributed by atoms with Crippen molar-refractivity contribution in [2.45, 2.75) is 181 Å². The second kappa shape index (κ2) is 29.0. The molecule has 0 aliphatic heterocycles. The van der Waals surface area contributed by atoms with Crippen LogP contribution in [-0.2, 0) is 9.59 Å². The molecule has 8 nitrogen and oxygen atoms in total. The Morgan fingerprint density at radius 1 is 0.480 bits per heavy atom. The Bertz CT molecular complexity index is 977. The fourth-order valence-corrected chi connectivity index (χ4v) is 6.32. The molecule has 2 unspecified atom stereocenters. The Labute approximate surface area is 305 Å². The highest BCUT2D eigenvalue weighted by Crippen LogP contribution is 2.17. The number of carbonyl (C=O) groups is 4. The van der Waals surface area contributed by atoms with Crippen LogP contribution in [0.15, 0.2) is 24.3 Å². The Morgan fingerprint density at radius 3 is 1.02 bits per heavy atom. The number of rotatable bonds is 32. The molecule has 1 aromatic carbocycles. The number of hydrogen-bond donors (Lipinski definition) is 4. The van der Waals surface area contributed by atoms with Gasteiger partial charge in [-0.15, -0.1) is 0 Å². The minimum Gasteiger partial charge on any atom is -0.355 e. The fourth-order valence-electron chi connectivity index (χ4n) is 6.32. The van der Waals surface area contributed by atoms with Crippen LogP contribution < -0.4 is 22.1 Å². The molecule has 0 aliphatic carbocycles. The monoisotopic (exact) mass is 699 g/mol. The van der Waals surface area contributed by atoms with E-state index in [1.807, 2.05) is 13.8 Å². The van der Waals surface area contributed by atoms with Crippen molar-refractivity contribution >= 4 is 23.4 Å². The van der Waals surface area contributed by atoms with Gasteiger partial charge in [0.2, 0.25) is 11.8 Å². The zero-order valence-corrected chi connectivity index (χ0v) is 32.4. The van der Waals surface area contributed by atoms with E-state index in [0.717, 1.165) is 25.7 Å². The quantitative estimate of drug-likeness (QED) is 0.0437. The average molecular weight is 699 g/mol. The van der Waals surface area contributed by atoms with E-state index in [-0.39, 0.29) is 48.1 Å². The summed E-state index contributed by atoms with van der Waals surface area (Å²) in [4.78, 5) is 51.1. The number of nitrogens with one attached hydrogen (secondary N) is 2. The van der Waals surface area contributed by atoms with Gasteiger partial charge in [0, 0.05) is 37.1 Å². The van der Waals surface area contributed by atoms with Gasteiger partial charge < -0.3 is 22.1 Å². The van der Waals surface area contributed by atoms with Gasteiger partial charge in [0.25, 0.3) is 0 Å². The third-order valence-corrected chi connectivity index (χ3v) is 10.0. The second-order valence-electron chi connectivity index (χ2n) is 14.8. The number of Topliss-reactive ketones (excluding diaryl/α,β-unsaturated/α-hetero) is 2. The van der Waals surface area contributed by atoms with Gasteiger partial charge in [-0.05, 0) is 24.7 Å². The molecule has 0 fully saturated rings. The topological polar surface area (TPSA) is 144 Å². The van der Waals surface area contributed by atoms with Crippen molar-refractivity contribution in [2.75, 3.05) is 13.1 Å².